The van der Waals surface area contributed by atoms with Crippen LogP contribution in [0.2, 0.25) is 0 Å². The van der Waals surface area contributed by atoms with Gasteiger partial charge in [0.2, 0.25) is 0 Å². The summed E-state index contributed by atoms with van der Waals surface area (Å²) in [6.45, 7) is 6.93. The molecule has 0 aliphatic rings. The van der Waals surface area contributed by atoms with E-state index in [0.717, 1.165) is 55.7 Å². The normalized spacial score (nSPS) is 12.4. The highest BCUT2D eigenvalue weighted by molar-refractivity contribution is 9.10. The SMILES string of the molecule is CCCNC(CCCOCC)Cc1cc(Br)ccc1OC. The minimum absolute atomic E-state index is 0.466. The maximum absolute atomic E-state index is 5.48. The van der Waals surface area contributed by atoms with Crippen molar-refractivity contribution in [2.24, 2.45) is 0 Å². The summed E-state index contributed by atoms with van der Waals surface area (Å²) < 4.78 is 12.0. The molecule has 0 saturated carbocycles. The average Bonchev–Trinajstić information content (AvgIpc) is 2.49. The second-order valence-corrected chi connectivity index (χ2v) is 6.07. The smallest absolute Gasteiger partial charge is 0.122 e. The Morgan fingerprint density at radius 1 is 1.29 bits per heavy atom. The largest absolute Gasteiger partial charge is 0.496 e. The van der Waals surface area contributed by atoms with Crippen LogP contribution >= 0.6 is 15.9 Å². The monoisotopic (exact) mass is 357 g/mol. The van der Waals surface area contributed by atoms with E-state index < -0.39 is 0 Å². The predicted octanol–water partition coefficient (Wildman–Crippen LogP) is 4.19. The number of hydrogen-bond donors (Lipinski definition) is 1. The van der Waals surface area contributed by atoms with Crippen molar-refractivity contribution in [1.82, 2.24) is 5.32 Å². The van der Waals surface area contributed by atoms with Crippen molar-refractivity contribution in [2.75, 3.05) is 26.9 Å². The van der Waals surface area contributed by atoms with E-state index in [9.17, 15) is 0 Å². The summed E-state index contributed by atoms with van der Waals surface area (Å²) in [6, 6.07) is 6.67. The molecule has 0 aliphatic heterocycles. The Bertz CT molecular complexity index is 398. The first kappa shape index (κ1) is 18.5. The van der Waals surface area contributed by atoms with Crippen LogP contribution in [-0.4, -0.2) is 32.9 Å². The molecule has 1 atom stereocenters. The lowest BCUT2D eigenvalue weighted by molar-refractivity contribution is 0.140. The van der Waals surface area contributed by atoms with Gasteiger partial charge in [0, 0.05) is 23.7 Å². The van der Waals surface area contributed by atoms with Crippen molar-refractivity contribution in [3.8, 4) is 5.75 Å². The lowest BCUT2D eigenvalue weighted by atomic mass is 10.0. The van der Waals surface area contributed by atoms with Gasteiger partial charge in [0.25, 0.3) is 0 Å². The van der Waals surface area contributed by atoms with Gasteiger partial charge in [0.05, 0.1) is 7.11 Å². The number of rotatable bonds is 11. The molecular weight excluding hydrogens is 330 g/mol. The summed E-state index contributed by atoms with van der Waals surface area (Å²) in [4.78, 5) is 0. The fourth-order valence-corrected chi connectivity index (χ4v) is 2.78. The second kappa shape index (κ2) is 11.0. The van der Waals surface area contributed by atoms with Crippen molar-refractivity contribution >= 4 is 15.9 Å². The van der Waals surface area contributed by atoms with Gasteiger partial charge in [-0.15, -0.1) is 0 Å². The molecule has 0 bridgehead atoms. The highest BCUT2D eigenvalue weighted by Crippen LogP contribution is 2.25. The molecule has 0 heterocycles. The van der Waals surface area contributed by atoms with E-state index in [1.54, 1.807) is 7.11 Å². The van der Waals surface area contributed by atoms with Gasteiger partial charge in [-0.1, -0.05) is 22.9 Å². The molecule has 0 saturated heterocycles. The molecule has 0 amide bonds. The first-order valence-corrected chi connectivity index (χ1v) is 8.64. The maximum Gasteiger partial charge on any atom is 0.122 e. The molecule has 1 aromatic rings. The van der Waals surface area contributed by atoms with Crippen LogP contribution in [-0.2, 0) is 11.2 Å². The number of nitrogens with one attached hydrogen (secondary N) is 1. The topological polar surface area (TPSA) is 30.5 Å². The molecular formula is C17H28BrNO2. The first-order chi connectivity index (χ1) is 10.2. The van der Waals surface area contributed by atoms with E-state index in [1.165, 1.54) is 5.56 Å². The number of halogens is 1. The van der Waals surface area contributed by atoms with Crippen molar-refractivity contribution in [3.63, 3.8) is 0 Å². The summed E-state index contributed by atoms with van der Waals surface area (Å²) >= 11 is 3.55. The fourth-order valence-electron chi connectivity index (χ4n) is 2.37. The molecule has 1 rings (SSSR count). The van der Waals surface area contributed by atoms with Crippen molar-refractivity contribution in [3.05, 3.63) is 28.2 Å². The Kier molecular flexibility index (Phi) is 9.72. The van der Waals surface area contributed by atoms with Crippen LogP contribution in [0.15, 0.2) is 22.7 Å². The van der Waals surface area contributed by atoms with E-state index in [1.807, 2.05) is 19.1 Å². The van der Waals surface area contributed by atoms with Gasteiger partial charge < -0.3 is 14.8 Å². The van der Waals surface area contributed by atoms with Gasteiger partial charge in [-0.2, -0.15) is 0 Å². The molecule has 21 heavy (non-hydrogen) atoms. The Morgan fingerprint density at radius 3 is 2.76 bits per heavy atom. The van der Waals surface area contributed by atoms with Crippen LogP contribution in [0.1, 0.15) is 38.7 Å². The third-order valence-electron chi connectivity index (χ3n) is 3.44. The van der Waals surface area contributed by atoms with Gasteiger partial charge in [0.15, 0.2) is 0 Å². The van der Waals surface area contributed by atoms with Crippen molar-refractivity contribution < 1.29 is 9.47 Å². The summed E-state index contributed by atoms with van der Waals surface area (Å²) in [5.74, 6) is 0.964. The van der Waals surface area contributed by atoms with Gasteiger partial charge >= 0.3 is 0 Å². The molecule has 4 heteroatoms. The Labute approximate surface area is 137 Å². The van der Waals surface area contributed by atoms with Crippen LogP contribution < -0.4 is 10.1 Å². The van der Waals surface area contributed by atoms with Crippen LogP contribution in [0.4, 0.5) is 0 Å². The second-order valence-electron chi connectivity index (χ2n) is 5.15. The molecule has 0 aromatic heterocycles. The van der Waals surface area contributed by atoms with E-state index in [2.05, 4.69) is 34.2 Å². The minimum Gasteiger partial charge on any atom is -0.496 e. The standard InChI is InChI=1S/C17H28BrNO2/c1-4-10-19-16(7-6-11-21-5-2)13-14-12-15(18)8-9-17(14)20-3/h8-9,12,16,19H,4-7,10-11,13H2,1-3H3. The molecule has 0 aliphatic carbocycles. The number of methoxy groups -OCH3 is 1. The summed E-state index contributed by atoms with van der Waals surface area (Å²) in [5, 5.41) is 3.64. The number of ether oxygens (including phenoxy) is 2. The van der Waals surface area contributed by atoms with Crippen molar-refractivity contribution in [2.45, 2.75) is 45.6 Å². The highest BCUT2D eigenvalue weighted by atomic mass is 79.9. The third kappa shape index (κ3) is 7.30. The highest BCUT2D eigenvalue weighted by Gasteiger charge is 2.12. The number of benzene rings is 1. The summed E-state index contributed by atoms with van der Waals surface area (Å²) in [5.41, 5.74) is 1.25. The van der Waals surface area contributed by atoms with E-state index in [4.69, 9.17) is 9.47 Å². The van der Waals surface area contributed by atoms with Gasteiger partial charge in [-0.3, -0.25) is 0 Å². The molecule has 0 radical (unpaired) electrons. The van der Waals surface area contributed by atoms with E-state index >= 15 is 0 Å². The molecule has 1 N–H and O–H groups in total. The molecule has 3 nitrogen and oxygen atoms in total. The van der Waals surface area contributed by atoms with E-state index in [0.29, 0.717) is 6.04 Å². The van der Waals surface area contributed by atoms with Gasteiger partial charge in [-0.05, 0) is 62.9 Å². The Morgan fingerprint density at radius 2 is 2.10 bits per heavy atom. The summed E-state index contributed by atoms with van der Waals surface area (Å²) in [7, 11) is 1.73. The summed E-state index contributed by atoms with van der Waals surface area (Å²) in [6.07, 6.45) is 4.34. The first-order valence-electron chi connectivity index (χ1n) is 7.84. The van der Waals surface area contributed by atoms with E-state index in [-0.39, 0.29) is 0 Å². The zero-order chi connectivity index (χ0) is 15.5. The number of hydrogen-bond acceptors (Lipinski definition) is 3. The maximum atomic E-state index is 5.48. The van der Waals surface area contributed by atoms with Crippen LogP contribution in [0.3, 0.4) is 0 Å². The van der Waals surface area contributed by atoms with Gasteiger partial charge in [-0.25, -0.2) is 0 Å². The van der Waals surface area contributed by atoms with Crippen LogP contribution in [0.5, 0.6) is 5.75 Å². The molecule has 120 valence electrons. The van der Waals surface area contributed by atoms with Crippen molar-refractivity contribution in [1.29, 1.82) is 0 Å². The van der Waals surface area contributed by atoms with Gasteiger partial charge in [0.1, 0.15) is 5.75 Å². The average molecular weight is 358 g/mol. The molecule has 1 aromatic carbocycles. The molecule has 1 unspecified atom stereocenters. The molecule has 0 spiro atoms. The minimum atomic E-state index is 0.466. The predicted molar refractivity (Wildman–Crippen MR) is 92.2 cm³/mol. The zero-order valence-electron chi connectivity index (χ0n) is 13.5. The fraction of sp³-hybridized carbons (Fsp3) is 0.647. The third-order valence-corrected chi connectivity index (χ3v) is 3.93. The zero-order valence-corrected chi connectivity index (χ0v) is 15.0. The van der Waals surface area contributed by atoms with Crippen LogP contribution in [0.25, 0.3) is 0 Å². The molecule has 0 fully saturated rings. The lowest BCUT2D eigenvalue weighted by Crippen LogP contribution is -2.32. The van der Waals surface area contributed by atoms with Crippen LogP contribution in [0, 0.1) is 0 Å². The quantitative estimate of drug-likeness (QED) is 0.602. The Balaban J connectivity index is 2.63. The Hall–Kier alpha value is -0.580. The lowest BCUT2D eigenvalue weighted by Gasteiger charge is -2.20.